The number of carbonyl (C=O) groups is 1. The van der Waals surface area contributed by atoms with E-state index in [1.54, 1.807) is 7.11 Å². The van der Waals surface area contributed by atoms with Crippen LogP contribution in [0.2, 0.25) is 0 Å². The van der Waals surface area contributed by atoms with Crippen LogP contribution in [0.4, 0.5) is 5.69 Å². The van der Waals surface area contributed by atoms with Gasteiger partial charge in [0.2, 0.25) is 5.91 Å². The average molecular weight is 400 g/mol. The van der Waals surface area contributed by atoms with Gasteiger partial charge in [-0.3, -0.25) is 4.79 Å². The van der Waals surface area contributed by atoms with E-state index in [2.05, 4.69) is 34.3 Å². The predicted octanol–water partition coefficient (Wildman–Crippen LogP) is 3.70. The maximum Gasteiger partial charge on any atom is 0.229 e. The Bertz CT molecular complexity index is 1100. The van der Waals surface area contributed by atoms with Crippen LogP contribution < -0.4 is 5.32 Å². The van der Waals surface area contributed by atoms with Crippen LogP contribution in [0.25, 0.3) is 5.69 Å². The van der Waals surface area contributed by atoms with Gasteiger partial charge in [-0.2, -0.15) is 5.26 Å². The number of carbonyl (C=O) groups excluding carboxylic acids is 1. The number of allylic oxidation sites excluding steroid dienone is 2. The molecule has 1 aromatic carbocycles. The Labute approximate surface area is 176 Å². The van der Waals surface area contributed by atoms with E-state index >= 15 is 0 Å². The van der Waals surface area contributed by atoms with Crippen molar-refractivity contribution in [3.63, 3.8) is 0 Å². The van der Waals surface area contributed by atoms with Crippen LogP contribution in [0.15, 0.2) is 60.5 Å². The third-order valence-electron chi connectivity index (χ3n) is 6.52. The predicted molar refractivity (Wildman–Crippen MR) is 114 cm³/mol. The number of methoxy groups -OCH3 is 1. The highest BCUT2D eigenvalue weighted by atomic mass is 16.5. The fourth-order valence-corrected chi connectivity index (χ4v) is 4.89. The second-order valence-electron chi connectivity index (χ2n) is 8.16. The van der Waals surface area contributed by atoms with E-state index in [-0.39, 0.29) is 17.4 Å². The lowest BCUT2D eigenvalue weighted by molar-refractivity contribution is -0.135. The van der Waals surface area contributed by atoms with E-state index in [4.69, 9.17) is 4.74 Å². The molecule has 1 N–H and O–H groups in total. The number of hydrogen-bond acceptors (Lipinski definition) is 4. The molecule has 152 valence electrons. The lowest BCUT2D eigenvalue weighted by atomic mass is 9.81. The molecule has 1 unspecified atom stereocenters. The van der Waals surface area contributed by atoms with Gasteiger partial charge in [0.25, 0.3) is 0 Å². The smallest absolute Gasteiger partial charge is 0.229 e. The van der Waals surface area contributed by atoms with Gasteiger partial charge < -0.3 is 19.5 Å². The largest absolute Gasteiger partial charge is 0.497 e. The minimum atomic E-state index is -0.207. The summed E-state index contributed by atoms with van der Waals surface area (Å²) in [6.45, 7) is 1.41. The van der Waals surface area contributed by atoms with Crippen molar-refractivity contribution in [3.8, 4) is 11.8 Å². The van der Waals surface area contributed by atoms with E-state index in [0.717, 1.165) is 36.4 Å². The normalized spacial score (nSPS) is 21.1. The van der Waals surface area contributed by atoms with Gasteiger partial charge in [0.15, 0.2) is 0 Å². The number of rotatable bonds is 2. The van der Waals surface area contributed by atoms with Crippen molar-refractivity contribution >= 4 is 11.6 Å². The molecular weight excluding hydrogens is 376 g/mol. The summed E-state index contributed by atoms with van der Waals surface area (Å²) in [5.41, 5.74) is 3.67. The summed E-state index contributed by atoms with van der Waals surface area (Å²) in [6, 6.07) is 12.2. The number of ether oxygens (including phenoxy) is 1. The molecule has 1 saturated heterocycles. The molecule has 0 radical (unpaired) electrons. The molecule has 30 heavy (non-hydrogen) atoms. The van der Waals surface area contributed by atoms with Crippen molar-refractivity contribution in [1.29, 1.82) is 5.26 Å². The fourth-order valence-electron chi connectivity index (χ4n) is 4.89. The molecule has 1 fully saturated rings. The molecule has 1 amide bonds. The molecule has 1 spiro atoms. The van der Waals surface area contributed by atoms with Gasteiger partial charge in [0, 0.05) is 25.0 Å². The maximum atomic E-state index is 13.1. The Hall–Kier alpha value is -3.46. The first-order chi connectivity index (χ1) is 14.6. The molecule has 3 heterocycles. The highest BCUT2D eigenvalue weighted by Crippen LogP contribution is 2.43. The Morgan fingerprint density at radius 2 is 2.13 bits per heavy atom. The fraction of sp³-hybridized carbons (Fsp3) is 0.333. The quantitative estimate of drug-likeness (QED) is 0.835. The van der Waals surface area contributed by atoms with Crippen LogP contribution in [0, 0.1) is 17.2 Å². The Balaban J connectivity index is 1.37. The van der Waals surface area contributed by atoms with Crippen molar-refractivity contribution in [1.82, 2.24) is 9.47 Å². The summed E-state index contributed by atoms with van der Waals surface area (Å²) in [5, 5.41) is 13.0. The molecule has 2 aromatic rings. The third kappa shape index (κ3) is 2.89. The van der Waals surface area contributed by atoms with Crippen LogP contribution in [0.3, 0.4) is 0 Å². The van der Waals surface area contributed by atoms with Crippen molar-refractivity contribution in [2.24, 2.45) is 5.92 Å². The summed E-state index contributed by atoms with van der Waals surface area (Å²) < 4.78 is 7.48. The second kappa shape index (κ2) is 7.10. The zero-order valence-corrected chi connectivity index (χ0v) is 17.0. The number of nitrogens with zero attached hydrogens (tertiary/aromatic N) is 3. The number of aromatic nitrogens is 1. The molecule has 1 aromatic heterocycles. The maximum absolute atomic E-state index is 13.1. The number of fused-ring (bicyclic) bond motifs is 4. The first-order valence-electron chi connectivity index (χ1n) is 10.4. The minimum absolute atomic E-state index is 0.146. The van der Waals surface area contributed by atoms with Crippen LogP contribution in [0.5, 0.6) is 0 Å². The SMILES string of the molecule is COC1=CC(C(=O)N2CCC3(CC2)Nc2ccc(C#N)cc2-n2cccc23)CC=C1. The van der Waals surface area contributed by atoms with Crippen molar-refractivity contribution in [2.75, 3.05) is 25.5 Å². The molecule has 0 bridgehead atoms. The van der Waals surface area contributed by atoms with Crippen LogP contribution in [-0.4, -0.2) is 35.6 Å². The van der Waals surface area contributed by atoms with Gasteiger partial charge in [-0.1, -0.05) is 6.08 Å². The minimum Gasteiger partial charge on any atom is -0.497 e. The highest BCUT2D eigenvalue weighted by Gasteiger charge is 2.43. The van der Waals surface area contributed by atoms with Crippen LogP contribution >= 0.6 is 0 Å². The van der Waals surface area contributed by atoms with Gasteiger partial charge in [0.1, 0.15) is 5.76 Å². The molecule has 6 nitrogen and oxygen atoms in total. The standard InChI is InChI=1S/C24H24N4O2/c1-30-19-5-2-4-18(15-19)23(29)27-12-9-24(10-13-27)22-6-3-11-28(22)21-14-17(16-25)7-8-20(21)26-24/h2-3,5-8,11,14-15,18,26H,4,9-10,12-13H2,1H3. The summed E-state index contributed by atoms with van der Waals surface area (Å²) in [4.78, 5) is 15.1. The summed E-state index contributed by atoms with van der Waals surface area (Å²) in [6.07, 6.45) is 10.3. The van der Waals surface area contributed by atoms with E-state index in [1.807, 2.05) is 41.3 Å². The lowest BCUT2D eigenvalue weighted by Crippen LogP contribution is -2.52. The number of anilines is 1. The highest BCUT2D eigenvalue weighted by molar-refractivity contribution is 5.81. The molecule has 1 atom stereocenters. The van der Waals surface area contributed by atoms with Gasteiger partial charge >= 0.3 is 0 Å². The summed E-state index contributed by atoms with van der Waals surface area (Å²) in [7, 11) is 1.63. The molecule has 2 aliphatic heterocycles. The van der Waals surface area contributed by atoms with Crippen molar-refractivity contribution < 1.29 is 9.53 Å². The van der Waals surface area contributed by atoms with Gasteiger partial charge in [-0.25, -0.2) is 0 Å². The summed E-state index contributed by atoms with van der Waals surface area (Å²) in [5.74, 6) is 0.787. The molecule has 1 aliphatic carbocycles. The number of likely N-dealkylation sites (tertiary alicyclic amines) is 1. The van der Waals surface area contributed by atoms with E-state index in [1.165, 1.54) is 5.69 Å². The van der Waals surface area contributed by atoms with E-state index in [9.17, 15) is 10.1 Å². The van der Waals surface area contributed by atoms with E-state index < -0.39 is 0 Å². The number of hydrogen-bond donors (Lipinski definition) is 1. The zero-order chi connectivity index (χ0) is 20.7. The van der Waals surface area contributed by atoms with Crippen molar-refractivity contribution in [2.45, 2.75) is 24.8 Å². The van der Waals surface area contributed by atoms with Crippen LogP contribution in [0.1, 0.15) is 30.5 Å². The Morgan fingerprint density at radius 1 is 1.30 bits per heavy atom. The Kier molecular flexibility index (Phi) is 4.39. The van der Waals surface area contributed by atoms with Gasteiger partial charge in [-0.05, 0) is 61.7 Å². The second-order valence-corrected chi connectivity index (χ2v) is 8.16. The number of amides is 1. The molecule has 0 saturated carbocycles. The molecular formula is C24H24N4O2. The van der Waals surface area contributed by atoms with Crippen molar-refractivity contribution in [3.05, 3.63) is 71.8 Å². The lowest BCUT2D eigenvalue weighted by Gasteiger charge is -2.46. The number of nitrogens with one attached hydrogen (secondary N) is 1. The first kappa shape index (κ1) is 18.6. The molecule has 3 aliphatic rings. The zero-order valence-electron chi connectivity index (χ0n) is 17.0. The topological polar surface area (TPSA) is 70.3 Å². The van der Waals surface area contributed by atoms with Gasteiger partial charge in [0.05, 0.1) is 41.6 Å². The number of benzene rings is 1. The van der Waals surface area contributed by atoms with E-state index in [0.29, 0.717) is 18.7 Å². The Morgan fingerprint density at radius 3 is 2.90 bits per heavy atom. The first-order valence-corrected chi connectivity index (χ1v) is 10.4. The molecule has 6 heteroatoms. The average Bonchev–Trinajstić information content (AvgIpc) is 3.31. The third-order valence-corrected chi connectivity index (χ3v) is 6.52. The number of piperidine rings is 1. The molecule has 5 rings (SSSR count). The van der Waals surface area contributed by atoms with Gasteiger partial charge in [-0.15, -0.1) is 0 Å². The monoisotopic (exact) mass is 400 g/mol. The number of nitriles is 1. The summed E-state index contributed by atoms with van der Waals surface area (Å²) >= 11 is 0. The van der Waals surface area contributed by atoms with Crippen LogP contribution in [-0.2, 0) is 15.1 Å².